The molecule has 0 aliphatic heterocycles. The Morgan fingerprint density at radius 3 is 2.54 bits per heavy atom. The van der Waals surface area contributed by atoms with Crippen LogP contribution in [0.2, 0.25) is 0 Å². The van der Waals surface area contributed by atoms with Gasteiger partial charge in [0.25, 0.3) is 0 Å². The molecule has 0 saturated carbocycles. The minimum Gasteiger partial charge on any atom is -0.325 e. The highest BCUT2D eigenvalue weighted by Crippen LogP contribution is 2.02. The zero-order valence-electron chi connectivity index (χ0n) is 9.00. The predicted molar refractivity (Wildman–Crippen MR) is 60.7 cm³/mol. The van der Waals surface area contributed by atoms with E-state index in [2.05, 4.69) is 19.1 Å². The highest BCUT2D eigenvalue weighted by Gasteiger charge is 1.83. The molecule has 0 amide bonds. The summed E-state index contributed by atoms with van der Waals surface area (Å²) in [7, 11) is 0. The maximum absolute atomic E-state index is 5.55. The maximum atomic E-state index is 5.55. The summed E-state index contributed by atoms with van der Waals surface area (Å²) in [5.74, 6) is 0. The molecule has 0 aromatic carbocycles. The standard InChI is InChI=1S/C12H23N/c1-3-4-5-6-7-8-9-10-11-12(2)13/h8-12H,3-7,13H2,1-2H3. The average molecular weight is 181 g/mol. The molecule has 0 radical (unpaired) electrons. The fourth-order valence-electron chi connectivity index (χ4n) is 1.10. The van der Waals surface area contributed by atoms with Crippen LogP contribution >= 0.6 is 0 Å². The van der Waals surface area contributed by atoms with Crippen LogP contribution in [0.1, 0.15) is 46.0 Å². The number of hydrogen-bond donors (Lipinski definition) is 1. The largest absolute Gasteiger partial charge is 0.325 e. The molecule has 1 atom stereocenters. The fourth-order valence-corrected chi connectivity index (χ4v) is 1.10. The molecule has 1 unspecified atom stereocenters. The van der Waals surface area contributed by atoms with E-state index in [1.807, 2.05) is 19.1 Å². The van der Waals surface area contributed by atoms with Crippen molar-refractivity contribution in [1.29, 1.82) is 0 Å². The van der Waals surface area contributed by atoms with E-state index < -0.39 is 0 Å². The van der Waals surface area contributed by atoms with Crippen molar-refractivity contribution in [2.24, 2.45) is 5.73 Å². The summed E-state index contributed by atoms with van der Waals surface area (Å²) < 4.78 is 0. The first-order chi connectivity index (χ1) is 6.27. The number of allylic oxidation sites excluding steroid dienone is 3. The summed E-state index contributed by atoms with van der Waals surface area (Å²) in [5, 5.41) is 0. The molecular formula is C12H23N. The molecule has 0 rings (SSSR count). The van der Waals surface area contributed by atoms with Gasteiger partial charge < -0.3 is 5.73 Å². The van der Waals surface area contributed by atoms with Crippen LogP contribution in [0, 0.1) is 0 Å². The quantitative estimate of drug-likeness (QED) is 0.472. The lowest BCUT2D eigenvalue weighted by Gasteiger charge is -1.93. The monoisotopic (exact) mass is 181 g/mol. The van der Waals surface area contributed by atoms with Gasteiger partial charge in [0.1, 0.15) is 0 Å². The van der Waals surface area contributed by atoms with Gasteiger partial charge >= 0.3 is 0 Å². The van der Waals surface area contributed by atoms with Gasteiger partial charge in [-0.3, -0.25) is 0 Å². The van der Waals surface area contributed by atoms with Crippen molar-refractivity contribution in [2.75, 3.05) is 0 Å². The highest BCUT2D eigenvalue weighted by molar-refractivity contribution is 5.04. The van der Waals surface area contributed by atoms with Crippen LogP contribution in [0.15, 0.2) is 24.3 Å². The number of rotatable bonds is 7. The van der Waals surface area contributed by atoms with Gasteiger partial charge in [0.2, 0.25) is 0 Å². The van der Waals surface area contributed by atoms with Crippen LogP contribution < -0.4 is 5.73 Å². The second-order valence-electron chi connectivity index (χ2n) is 3.52. The Labute approximate surface area is 82.7 Å². The Bertz CT molecular complexity index is 145. The van der Waals surface area contributed by atoms with Crippen LogP contribution in [0.4, 0.5) is 0 Å². The van der Waals surface area contributed by atoms with Gasteiger partial charge in [-0.25, -0.2) is 0 Å². The van der Waals surface area contributed by atoms with Crippen molar-refractivity contribution >= 4 is 0 Å². The first-order valence-electron chi connectivity index (χ1n) is 5.36. The lowest BCUT2D eigenvalue weighted by molar-refractivity contribution is 0.674. The van der Waals surface area contributed by atoms with Crippen molar-refractivity contribution in [3.63, 3.8) is 0 Å². The second kappa shape index (κ2) is 9.53. The van der Waals surface area contributed by atoms with E-state index in [4.69, 9.17) is 5.73 Å². The lowest BCUT2D eigenvalue weighted by atomic mass is 10.1. The van der Waals surface area contributed by atoms with Gasteiger partial charge in [-0.2, -0.15) is 0 Å². The van der Waals surface area contributed by atoms with E-state index in [0.717, 1.165) is 0 Å². The molecule has 0 aromatic heterocycles. The first kappa shape index (κ1) is 12.4. The van der Waals surface area contributed by atoms with Gasteiger partial charge in [0.05, 0.1) is 0 Å². The molecule has 13 heavy (non-hydrogen) atoms. The van der Waals surface area contributed by atoms with E-state index in [0.29, 0.717) is 0 Å². The molecule has 0 heterocycles. The lowest BCUT2D eigenvalue weighted by Crippen LogP contribution is -2.09. The topological polar surface area (TPSA) is 26.0 Å². The summed E-state index contributed by atoms with van der Waals surface area (Å²) in [6.07, 6.45) is 14.9. The molecule has 0 aliphatic rings. The predicted octanol–water partition coefficient (Wildman–Crippen LogP) is 3.42. The van der Waals surface area contributed by atoms with Crippen LogP contribution in [0.3, 0.4) is 0 Å². The summed E-state index contributed by atoms with van der Waals surface area (Å²) in [6.45, 7) is 4.22. The zero-order valence-corrected chi connectivity index (χ0v) is 9.00. The molecule has 0 spiro atoms. The third-order valence-corrected chi connectivity index (χ3v) is 1.89. The summed E-state index contributed by atoms with van der Waals surface area (Å²) >= 11 is 0. The zero-order chi connectivity index (χ0) is 9.94. The van der Waals surface area contributed by atoms with E-state index in [9.17, 15) is 0 Å². The van der Waals surface area contributed by atoms with Crippen molar-refractivity contribution < 1.29 is 0 Å². The Morgan fingerprint density at radius 1 is 1.15 bits per heavy atom. The first-order valence-corrected chi connectivity index (χ1v) is 5.36. The minimum atomic E-state index is 0.171. The van der Waals surface area contributed by atoms with E-state index in [1.165, 1.54) is 32.1 Å². The van der Waals surface area contributed by atoms with Gasteiger partial charge in [-0.05, 0) is 19.8 Å². The molecular weight excluding hydrogens is 158 g/mol. The maximum Gasteiger partial charge on any atom is 0.0197 e. The summed E-state index contributed by atoms with van der Waals surface area (Å²) in [5.41, 5.74) is 5.55. The Balaban J connectivity index is 3.21. The number of hydrogen-bond acceptors (Lipinski definition) is 1. The van der Waals surface area contributed by atoms with Gasteiger partial charge in [-0.15, -0.1) is 0 Å². The molecule has 0 fully saturated rings. The van der Waals surface area contributed by atoms with Crippen molar-refractivity contribution in [1.82, 2.24) is 0 Å². The SMILES string of the molecule is CCCCCCC=CC=CC(C)N. The molecule has 2 N–H and O–H groups in total. The molecule has 0 bridgehead atoms. The second-order valence-corrected chi connectivity index (χ2v) is 3.52. The smallest absolute Gasteiger partial charge is 0.0197 e. The highest BCUT2D eigenvalue weighted by atomic mass is 14.6. The van der Waals surface area contributed by atoms with Crippen LogP contribution in [-0.2, 0) is 0 Å². The Hall–Kier alpha value is -0.560. The Morgan fingerprint density at radius 2 is 1.92 bits per heavy atom. The molecule has 1 nitrogen and oxygen atoms in total. The molecule has 0 aliphatic carbocycles. The van der Waals surface area contributed by atoms with Crippen molar-refractivity contribution in [3.8, 4) is 0 Å². The third-order valence-electron chi connectivity index (χ3n) is 1.89. The van der Waals surface area contributed by atoms with Crippen LogP contribution in [0.25, 0.3) is 0 Å². The fraction of sp³-hybridized carbons (Fsp3) is 0.667. The molecule has 76 valence electrons. The van der Waals surface area contributed by atoms with Crippen LogP contribution in [-0.4, -0.2) is 6.04 Å². The average Bonchev–Trinajstić information content (AvgIpc) is 2.09. The van der Waals surface area contributed by atoms with Gasteiger partial charge in [0.15, 0.2) is 0 Å². The van der Waals surface area contributed by atoms with E-state index in [1.54, 1.807) is 0 Å². The third kappa shape index (κ3) is 11.4. The van der Waals surface area contributed by atoms with Crippen molar-refractivity contribution in [2.45, 2.75) is 52.0 Å². The van der Waals surface area contributed by atoms with Gasteiger partial charge in [-0.1, -0.05) is 50.5 Å². The number of unbranched alkanes of at least 4 members (excludes halogenated alkanes) is 4. The minimum absolute atomic E-state index is 0.171. The molecule has 1 heteroatoms. The van der Waals surface area contributed by atoms with Crippen LogP contribution in [0.5, 0.6) is 0 Å². The van der Waals surface area contributed by atoms with Gasteiger partial charge in [0, 0.05) is 6.04 Å². The normalized spacial score (nSPS) is 14.4. The van der Waals surface area contributed by atoms with E-state index in [-0.39, 0.29) is 6.04 Å². The summed E-state index contributed by atoms with van der Waals surface area (Å²) in [6, 6.07) is 0.171. The number of nitrogens with two attached hydrogens (primary N) is 1. The summed E-state index contributed by atoms with van der Waals surface area (Å²) in [4.78, 5) is 0. The van der Waals surface area contributed by atoms with E-state index >= 15 is 0 Å². The Kier molecular flexibility index (Phi) is 9.12. The molecule has 0 saturated heterocycles. The molecule has 0 aromatic rings. The van der Waals surface area contributed by atoms with Crippen molar-refractivity contribution in [3.05, 3.63) is 24.3 Å².